The normalized spacial score (nSPS) is 12.4. The molecule has 0 spiro atoms. The summed E-state index contributed by atoms with van der Waals surface area (Å²) in [5.74, 6) is -5.12. The number of amides is 2. The quantitative estimate of drug-likeness (QED) is 0.236. The summed E-state index contributed by atoms with van der Waals surface area (Å²) in [7, 11) is 2.41. The Morgan fingerprint density at radius 1 is 1.05 bits per heavy atom. The molecule has 1 aliphatic carbocycles. The van der Waals surface area contributed by atoms with Crippen LogP contribution in [-0.2, 0) is 11.3 Å². The molecule has 2 aromatic carbocycles. The maximum absolute atomic E-state index is 15.0. The van der Waals surface area contributed by atoms with Gasteiger partial charge in [0.2, 0.25) is 0 Å². The second-order valence-electron chi connectivity index (χ2n) is 8.86. The molecule has 1 aromatic heterocycles. The minimum absolute atomic E-state index is 0.0301. The first kappa shape index (κ1) is 29.5. The van der Waals surface area contributed by atoms with Gasteiger partial charge in [0.25, 0.3) is 0 Å². The number of carboxylic acid groups (broad SMARTS) is 1. The first-order valence-corrected chi connectivity index (χ1v) is 13.2. The Kier molecular flexibility index (Phi) is 8.91. The molecule has 4 rings (SSSR count). The van der Waals surface area contributed by atoms with Crippen LogP contribution in [0.25, 0.3) is 0 Å². The minimum Gasteiger partial charge on any atom is -0.494 e. The highest BCUT2D eigenvalue weighted by Crippen LogP contribution is 2.42. The zero-order valence-electron chi connectivity index (χ0n) is 22.2. The molecule has 0 bridgehead atoms. The van der Waals surface area contributed by atoms with Crippen LogP contribution in [0.5, 0.6) is 11.5 Å². The number of hydrogen-bond donors (Lipinski definition) is 3. The molecule has 1 fully saturated rings. The third kappa shape index (κ3) is 6.32. The summed E-state index contributed by atoms with van der Waals surface area (Å²) < 4.78 is 59.6. The molecule has 14 heteroatoms. The van der Waals surface area contributed by atoms with Gasteiger partial charge in [-0.1, -0.05) is 0 Å². The fourth-order valence-corrected chi connectivity index (χ4v) is 5.10. The number of rotatable bonds is 11. The number of carbonyl (C=O) groups is 3. The van der Waals surface area contributed by atoms with Crippen LogP contribution < -0.4 is 25.0 Å². The van der Waals surface area contributed by atoms with Crippen molar-refractivity contribution >= 4 is 46.4 Å². The van der Waals surface area contributed by atoms with Gasteiger partial charge in [0, 0.05) is 17.5 Å². The smallest absolute Gasteiger partial charge is 0.349 e. The van der Waals surface area contributed by atoms with E-state index in [-0.39, 0.29) is 52.5 Å². The predicted molar refractivity (Wildman–Crippen MR) is 145 cm³/mol. The molecular weight excluding hydrogens is 567 g/mol. The van der Waals surface area contributed by atoms with Crippen molar-refractivity contribution in [1.82, 2.24) is 0 Å². The molecule has 10 nitrogen and oxygen atoms in total. The number of halogens is 3. The average molecular weight is 594 g/mol. The number of carbonyl (C=O) groups excluding carboxylic acids is 2. The lowest BCUT2D eigenvalue weighted by Gasteiger charge is -2.28. The van der Waals surface area contributed by atoms with Gasteiger partial charge in [-0.3, -0.25) is 0 Å². The summed E-state index contributed by atoms with van der Waals surface area (Å²) in [5, 5.41) is 15.4. The minimum atomic E-state index is -1.48. The first-order valence-electron chi connectivity index (χ1n) is 12.3. The van der Waals surface area contributed by atoms with E-state index in [0.29, 0.717) is 5.69 Å². The molecule has 2 amide bonds. The summed E-state index contributed by atoms with van der Waals surface area (Å²) in [6.45, 7) is 1.80. The largest absolute Gasteiger partial charge is 0.494 e. The molecule has 0 atom stereocenters. The van der Waals surface area contributed by atoms with Crippen LogP contribution in [0.15, 0.2) is 29.6 Å². The zero-order valence-corrected chi connectivity index (χ0v) is 23.0. The van der Waals surface area contributed by atoms with Crippen molar-refractivity contribution in [2.45, 2.75) is 32.4 Å². The van der Waals surface area contributed by atoms with E-state index in [4.69, 9.17) is 9.47 Å². The Balaban J connectivity index is 1.65. The lowest BCUT2D eigenvalue weighted by Crippen LogP contribution is -2.27. The topological polar surface area (TPSA) is 126 Å². The van der Waals surface area contributed by atoms with E-state index >= 15 is 4.39 Å². The lowest BCUT2D eigenvalue weighted by atomic mass is 10.1. The van der Waals surface area contributed by atoms with Gasteiger partial charge in [0.05, 0.1) is 50.0 Å². The number of hydrogen-bond acceptors (Lipinski definition) is 8. The fourth-order valence-electron chi connectivity index (χ4n) is 4.19. The van der Waals surface area contributed by atoms with Gasteiger partial charge in [-0.25, -0.2) is 27.6 Å². The Morgan fingerprint density at radius 2 is 1.76 bits per heavy atom. The van der Waals surface area contributed by atoms with Crippen LogP contribution in [0.1, 0.15) is 45.4 Å². The first-order chi connectivity index (χ1) is 19.6. The third-order valence-corrected chi connectivity index (χ3v) is 7.18. The number of aromatic carboxylic acids is 1. The van der Waals surface area contributed by atoms with Crippen molar-refractivity contribution < 1.29 is 46.9 Å². The number of nitrogens with one attached hydrogen (secondary N) is 2. The monoisotopic (exact) mass is 593 g/mol. The van der Waals surface area contributed by atoms with Gasteiger partial charge in [-0.15, -0.1) is 11.3 Å². The fraction of sp³-hybridized carbons (Fsp3) is 0.296. The van der Waals surface area contributed by atoms with Crippen LogP contribution in [0.2, 0.25) is 0 Å². The maximum atomic E-state index is 15.0. The number of esters is 1. The summed E-state index contributed by atoms with van der Waals surface area (Å²) >= 11 is 0.755. The van der Waals surface area contributed by atoms with Crippen molar-refractivity contribution in [2.24, 2.45) is 0 Å². The van der Waals surface area contributed by atoms with Crippen LogP contribution in [0.4, 0.5) is 35.0 Å². The molecule has 1 saturated carbocycles. The molecule has 1 aliphatic rings. The van der Waals surface area contributed by atoms with Gasteiger partial charge in [-0.05, 0) is 38.0 Å². The number of methoxy groups -OCH3 is 2. The summed E-state index contributed by atoms with van der Waals surface area (Å²) in [6, 6.07) is 3.53. The Labute approximate surface area is 236 Å². The molecule has 3 aromatic rings. The molecule has 0 radical (unpaired) electrons. The van der Waals surface area contributed by atoms with Gasteiger partial charge < -0.3 is 34.9 Å². The molecular formula is C27H26F3N3O7S. The van der Waals surface area contributed by atoms with Crippen LogP contribution in [-0.4, -0.2) is 49.9 Å². The van der Waals surface area contributed by atoms with Crippen molar-refractivity contribution in [1.29, 1.82) is 0 Å². The third-order valence-electron chi connectivity index (χ3n) is 6.22. The standard InChI is InChI=1S/C27H26F3N3O7S/c1-4-40-20-8-7-15(28)23(30)14(20)11-33(13-5-6-13)19-10-17(16(29)9-21(19)38-2)31-27(37)32-18-12-41-24(26(36)39-3)22(18)25(34)35/h7-10,12-13H,4-6,11H2,1-3H3,(H,34,35)(H2,31,32,37). The molecule has 41 heavy (non-hydrogen) atoms. The highest BCUT2D eigenvalue weighted by Gasteiger charge is 2.34. The summed E-state index contributed by atoms with van der Waals surface area (Å²) in [6.07, 6.45) is 1.45. The summed E-state index contributed by atoms with van der Waals surface area (Å²) in [4.78, 5) is 37.9. The number of thiophene rings is 1. The molecule has 3 N–H and O–H groups in total. The van der Waals surface area contributed by atoms with Crippen molar-refractivity contribution in [3.63, 3.8) is 0 Å². The number of ether oxygens (including phenoxy) is 3. The maximum Gasteiger partial charge on any atom is 0.349 e. The highest BCUT2D eigenvalue weighted by molar-refractivity contribution is 7.13. The number of urea groups is 1. The number of benzene rings is 2. The van der Waals surface area contributed by atoms with E-state index in [1.807, 2.05) is 0 Å². The Bertz CT molecular complexity index is 1490. The van der Waals surface area contributed by atoms with E-state index in [1.54, 1.807) is 11.8 Å². The van der Waals surface area contributed by atoms with E-state index in [2.05, 4.69) is 15.4 Å². The van der Waals surface area contributed by atoms with E-state index < -0.39 is 41.0 Å². The average Bonchev–Trinajstić information content (AvgIpc) is 3.70. The SMILES string of the molecule is CCOc1ccc(F)c(F)c1CN(c1cc(NC(=O)Nc2csc(C(=O)OC)c2C(=O)O)c(F)cc1OC)C1CC1. The predicted octanol–water partition coefficient (Wildman–Crippen LogP) is 5.87. The molecule has 0 aliphatic heterocycles. The van der Waals surface area contributed by atoms with Crippen LogP contribution in [0.3, 0.4) is 0 Å². The Morgan fingerprint density at radius 3 is 2.37 bits per heavy atom. The Hall–Kier alpha value is -4.46. The van der Waals surface area contributed by atoms with Crippen molar-refractivity contribution in [2.75, 3.05) is 36.4 Å². The van der Waals surface area contributed by atoms with Crippen molar-refractivity contribution in [3.8, 4) is 11.5 Å². The number of carboxylic acids is 1. The molecule has 0 unspecified atom stereocenters. The van der Waals surface area contributed by atoms with Crippen molar-refractivity contribution in [3.05, 3.63) is 63.1 Å². The van der Waals surface area contributed by atoms with E-state index in [9.17, 15) is 28.3 Å². The van der Waals surface area contributed by atoms with E-state index in [0.717, 1.165) is 43.4 Å². The van der Waals surface area contributed by atoms with Gasteiger partial charge >= 0.3 is 18.0 Å². The highest BCUT2D eigenvalue weighted by atomic mass is 32.1. The molecule has 1 heterocycles. The number of nitrogens with zero attached hydrogens (tertiary/aromatic N) is 1. The molecule has 218 valence electrons. The van der Waals surface area contributed by atoms with Crippen LogP contribution >= 0.6 is 11.3 Å². The van der Waals surface area contributed by atoms with Gasteiger partial charge in [0.1, 0.15) is 21.9 Å². The van der Waals surface area contributed by atoms with Gasteiger partial charge in [0.15, 0.2) is 17.5 Å². The summed E-state index contributed by atoms with van der Waals surface area (Å²) in [5.41, 5.74) is -0.701. The number of anilines is 3. The van der Waals surface area contributed by atoms with Crippen LogP contribution in [0, 0.1) is 17.5 Å². The lowest BCUT2D eigenvalue weighted by molar-refractivity contribution is 0.0589. The second kappa shape index (κ2) is 12.4. The van der Waals surface area contributed by atoms with E-state index in [1.165, 1.54) is 24.6 Å². The van der Waals surface area contributed by atoms with Gasteiger partial charge in [-0.2, -0.15) is 0 Å². The zero-order chi connectivity index (χ0) is 29.8. The second-order valence-corrected chi connectivity index (χ2v) is 9.74. The molecule has 0 saturated heterocycles.